The molecular weight excluding hydrogens is 228 g/mol. The molecule has 0 radical (unpaired) electrons. The molecule has 0 saturated heterocycles. The highest BCUT2D eigenvalue weighted by atomic mass is 79.9. The van der Waals surface area contributed by atoms with Crippen molar-refractivity contribution in [2.75, 3.05) is 0 Å². The maximum Gasteiger partial charge on any atom is 0.159 e. The Kier molecular flexibility index (Phi) is 2.24. The van der Waals surface area contributed by atoms with Gasteiger partial charge in [-0.1, -0.05) is 40.2 Å². The van der Waals surface area contributed by atoms with Gasteiger partial charge in [0.25, 0.3) is 0 Å². The first kappa shape index (κ1) is 8.95. The van der Waals surface area contributed by atoms with E-state index in [1.165, 1.54) is 12.0 Å². The molecule has 2 heteroatoms. The fraction of sp³-hybridized carbons (Fsp3) is 0.364. The molecule has 0 bridgehead atoms. The van der Waals surface area contributed by atoms with Crippen LogP contribution in [0, 0.1) is 0 Å². The Hall–Kier alpha value is -0.630. The Balaban J connectivity index is 2.19. The van der Waals surface area contributed by atoms with E-state index >= 15 is 0 Å². The maximum atomic E-state index is 11.0. The summed E-state index contributed by atoms with van der Waals surface area (Å²) in [5, 5.41) is 0. The summed E-state index contributed by atoms with van der Waals surface area (Å²) >= 11 is 3.57. The van der Waals surface area contributed by atoms with Crippen molar-refractivity contribution in [3.8, 4) is 0 Å². The second-order valence-corrected chi connectivity index (χ2v) is 4.71. The van der Waals surface area contributed by atoms with Crippen LogP contribution in [0.25, 0.3) is 0 Å². The van der Waals surface area contributed by atoms with E-state index in [1.807, 2.05) is 12.1 Å². The molecule has 68 valence electrons. The van der Waals surface area contributed by atoms with E-state index in [4.69, 9.17) is 0 Å². The summed E-state index contributed by atoms with van der Waals surface area (Å²) in [6.07, 6.45) is 1.22. The number of carbonyl (C=O) groups is 1. The summed E-state index contributed by atoms with van der Waals surface area (Å²) in [6.45, 7) is 1.60. The highest BCUT2D eigenvalue weighted by Crippen LogP contribution is 2.46. The first-order chi connectivity index (χ1) is 6.18. The van der Waals surface area contributed by atoms with Crippen LogP contribution >= 0.6 is 15.9 Å². The molecule has 0 heterocycles. The summed E-state index contributed by atoms with van der Waals surface area (Å²) in [7, 11) is 0. The number of hydrogen-bond acceptors (Lipinski definition) is 1. The van der Waals surface area contributed by atoms with Crippen molar-refractivity contribution in [3.05, 3.63) is 35.4 Å². The molecule has 1 aliphatic rings. The van der Waals surface area contributed by atoms with E-state index in [0.717, 1.165) is 5.56 Å². The van der Waals surface area contributed by atoms with Gasteiger partial charge in [-0.3, -0.25) is 4.79 Å². The average Bonchev–Trinajstić information content (AvgIpc) is 2.83. The van der Waals surface area contributed by atoms with Crippen LogP contribution in [0.15, 0.2) is 24.3 Å². The number of halogens is 1. The van der Waals surface area contributed by atoms with Crippen LogP contribution in [0.3, 0.4) is 0 Å². The van der Waals surface area contributed by atoms with Crippen LogP contribution in [-0.2, 0) is 0 Å². The van der Waals surface area contributed by atoms with Gasteiger partial charge in [0.15, 0.2) is 5.78 Å². The number of hydrogen-bond donors (Lipinski definition) is 0. The largest absolute Gasteiger partial charge is 0.295 e. The van der Waals surface area contributed by atoms with Crippen LogP contribution in [0.5, 0.6) is 0 Å². The quantitative estimate of drug-likeness (QED) is 0.572. The summed E-state index contributed by atoms with van der Waals surface area (Å²) in [5.41, 5.74) is 2.14. The van der Waals surface area contributed by atoms with Crippen molar-refractivity contribution >= 4 is 21.7 Å². The van der Waals surface area contributed by atoms with Gasteiger partial charge in [0.1, 0.15) is 0 Å². The van der Waals surface area contributed by atoms with Crippen molar-refractivity contribution in [2.45, 2.75) is 24.1 Å². The Morgan fingerprint density at radius 2 is 1.92 bits per heavy atom. The number of Topliss-reactive ketones (excluding diaryl/α,β-unsaturated/α-hetero) is 1. The molecule has 2 rings (SSSR count). The van der Waals surface area contributed by atoms with Gasteiger partial charge in [-0.25, -0.2) is 0 Å². The van der Waals surface area contributed by atoms with E-state index in [1.54, 1.807) is 6.92 Å². The molecule has 0 unspecified atom stereocenters. The SMILES string of the molecule is CC(=O)c1ccc([C@H]2C[C@@H]2Br)cc1. The molecule has 1 fully saturated rings. The second kappa shape index (κ2) is 3.26. The molecule has 13 heavy (non-hydrogen) atoms. The smallest absolute Gasteiger partial charge is 0.159 e. The lowest BCUT2D eigenvalue weighted by Crippen LogP contribution is -1.91. The lowest BCUT2D eigenvalue weighted by Gasteiger charge is -1.99. The van der Waals surface area contributed by atoms with Gasteiger partial charge in [0.2, 0.25) is 0 Å². The van der Waals surface area contributed by atoms with Gasteiger partial charge >= 0.3 is 0 Å². The summed E-state index contributed by atoms with van der Waals surface area (Å²) < 4.78 is 0. The molecule has 1 nitrogen and oxygen atoms in total. The Morgan fingerprint density at radius 1 is 1.38 bits per heavy atom. The third-order valence-corrected chi connectivity index (χ3v) is 3.47. The summed E-state index contributed by atoms with van der Waals surface area (Å²) in [4.78, 5) is 11.6. The molecular formula is C11H11BrO. The van der Waals surface area contributed by atoms with Gasteiger partial charge in [0, 0.05) is 10.4 Å². The van der Waals surface area contributed by atoms with Crippen LogP contribution in [0.4, 0.5) is 0 Å². The van der Waals surface area contributed by atoms with Gasteiger partial charge in [0.05, 0.1) is 0 Å². The van der Waals surface area contributed by atoms with E-state index in [9.17, 15) is 4.79 Å². The topological polar surface area (TPSA) is 17.1 Å². The predicted octanol–water partition coefficient (Wildman–Crippen LogP) is 3.14. The zero-order valence-electron chi connectivity index (χ0n) is 7.46. The molecule has 0 amide bonds. The minimum atomic E-state index is 0.137. The van der Waals surface area contributed by atoms with E-state index in [0.29, 0.717) is 10.7 Å². The minimum Gasteiger partial charge on any atom is -0.295 e. The average molecular weight is 239 g/mol. The fourth-order valence-corrected chi connectivity index (χ4v) is 2.18. The lowest BCUT2D eigenvalue weighted by molar-refractivity contribution is 0.101. The number of rotatable bonds is 2. The van der Waals surface area contributed by atoms with Gasteiger partial charge in [-0.05, 0) is 24.8 Å². The van der Waals surface area contributed by atoms with Crippen LogP contribution in [0.2, 0.25) is 0 Å². The number of alkyl halides is 1. The van der Waals surface area contributed by atoms with E-state index < -0.39 is 0 Å². The van der Waals surface area contributed by atoms with Crippen LogP contribution in [0.1, 0.15) is 35.2 Å². The Morgan fingerprint density at radius 3 is 2.31 bits per heavy atom. The first-order valence-corrected chi connectivity index (χ1v) is 5.35. The van der Waals surface area contributed by atoms with Crippen molar-refractivity contribution in [1.82, 2.24) is 0 Å². The highest BCUT2D eigenvalue weighted by molar-refractivity contribution is 9.09. The standard InChI is InChI=1S/C11H11BrO/c1-7(13)8-2-4-9(5-3-8)10-6-11(10)12/h2-5,10-11H,6H2,1H3/t10-,11+/m1/s1. The zero-order chi connectivity index (χ0) is 9.42. The third-order valence-electron chi connectivity index (χ3n) is 2.46. The first-order valence-electron chi connectivity index (χ1n) is 4.43. The van der Waals surface area contributed by atoms with Crippen LogP contribution < -0.4 is 0 Å². The lowest BCUT2D eigenvalue weighted by atomic mass is 10.1. The number of carbonyl (C=O) groups excluding carboxylic acids is 1. The second-order valence-electron chi connectivity index (χ2n) is 3.54. The number of benzene rings is 1. The molecule has 1 saturated carbocycles. The predicted molar refractivity (Wildman–Crippen MR) is 56.5 cm³/mol. The van der Waals surface area contributed by atoms with Crippen LogP contribution in [-0.4, -0.2) is 10.6 Å². The van der Waals surface area contributed by atoms with Gasteiger partial charge in [-0.2, -0.15) is 0 Å². The molecule has 0 N–H and O–H groups in total. The Labute approximate surface area is 86.3 Å². The van der Waals surface area contributed by atoms with Gasteiger partial charge < -0.3 is 0 Å². The van der Waals surface area contributed by atoms with Crippen molar-refractivity contribution in [2.24, 2.45) is 0 Å². The molecule has 2 atom stereocenters. The molecule has 1 aromatic carbocycles. The molecule has 0 spiro atoms. The summed E-state index contributed by atoms with van der Waals surface area (Å²) in [5.74, 6) is 0.804. The van der Waals surface area contributed by atoms with Crippen molar-refractivity contribution in [3.63, 3.8) is 0 Å². The maximum absolute atomic E-state index is 11.0. The van der Waals surface area contributed by atoms with Crippen molar-refractivity contribution < 1.29 is 4.79 Å². The van der Waals surface area contributed by atoms with E-state index in [2.05, 4.69) is 28.1 Å². The highest BCUT2D eigenvalue weighted by Gasteiger charge is 2.35. The van der Waals surface area contributed by atoms with E-state index in [-0.39, 0.29) is 5.78 Å². The summed E-state index contributed by atoms with van der Waals surface area (Å²) in [6, 6.07) is 7.94. The molecule has 0 aromatic heterocycles. The molecule has 1 aliphatic carbocycles. The zero-order valence-corrected chi connectivity index (χ0v) is 9.04. The fourth-order valence-electron chi connectivity index (χ4n) is 1.47. The monoisotopic (exact) mass is 238 g/mol. The molecule has 0 aliphatic heterocycles. The normalized spacial score (nSPS) is 25.7. The number of ketones is 1. The molecule has 1 aromatic rings. The van der Waals surface area contributed by atoms with Crippen molar-refractivity contribution in [1.29, 1.82) is 0 Å². The minimum absolute atomic E-state index is 0.137. The van der Waals surface area contributed by atoms with Gasteiger partial charge in [-0.15, -0.1) is 0 Å². The third kappa shape index (κ3) is 1.83. The Bertz CT molecular complexity index is 328.